The van der Waals surface area contributed by atoms with Gasteiger partial charge in [-0.1, -0.05) is 49.2 Å². The van der Waals surface area contributed by atoms with E-state index in [-0.39, 0.29) is 34.1 Å². The van der Waals surface area contributed by atoms with Crippen molar-refractivity contribution in [2.45, 2.75) is 26.3 Å². The number of primary sulfonamides is 1. The van der Waals surface area contributed by atoms with Gasteiger partial charge in [0.05, 0.1) is 15.0 Å². The normalized spacial score (nSPS) is 27.0. The molecule has 3 rings (SSSR count). The highest BCUT2D eigenvalue weighted by atomic mass is 35.5. The number of hydrogen-bond donors (Lipinski definition) is 2. The highest BCUT2D eigenvalue weighted by molar-refractivity contribution is 7.93. The van der Waals surface area contributed by atoms with Crippen molar-refractivity contribution in [1.29, 1.82) is 0 Å². The van der Waals surface area contributed by atoms with Gasteiger partial charge in [0, 0.05) is 11.6 Å². The van der Waals surface area contributed by atoms with Crippen molar-refractivity contribution in [3.05, 3.63) is 56.9 Å². The van der Waals surface area contributed by atoms with Gasteiger partial charge in [-0.15, -0.1) is 0 Å². The van der Waals surface area contributed by atoms with Crippen LogP contribution in [-0.2, 0) is 10.0 Å². The molecule has 1 unspecified atom stereocenters. The maximum atomic E-state index is 12.5. The predicted octanol–water partition coefficient (Wildman–Crippen LogP) is 3.50. The van der Waals surface area contributed by atoms with Gasteiger partial charge in [-0.3, -0.25) is 4.79 Å². The quantitative estimate of drug-likeness (QED) is 0.789. The molecular weight excluding hydrogens is 395 g/mol. The molecule has 0 radical (unpaired) electrons. The van der Waals surface area contributed by atoms with E-state index >= 15 is 0 Å². The van der Waals surface area contributed by atoms with Crippen molar-refractivity contribution >= 4 is 39.1 Å². The molecule has 3 N–H and O–H groups in total. The van der Waals surface area contributed by atoms with Crippen LogP contribution in [0.5, 0.6) is 0 Å². The Labute approximate surface area is 163 Å². The predicted molar refractivity (Wildman–Crippen MR) is 103 cm³/mol. The standard InChI is InChI=1S/C18H20Cl2N2O3S/c1-18(2)15(10-3-6-12(7-4-10)26(21,24)25)16(18)22-17(23)11-5-8-13(19)14(20)9-11/h3,5-10,15-16H,4H2,1-2H3,(H,22,23)(H2,21,24,25)/t10?,15-,16-/m0/s1. The van der Waals surface area contributed by atoms with Crippen molar-refractivity contribution in [1.82, 2.24) is 5.32 Å². The summed E-state index contributed by atoms with van der Waals surface area (Å²) in [7, 11) is -3.68. The molecule has 0 heterocycles. The minimum Gasteiger partial charge on any atom is -0.348 e. The number of halogens is 2. The number of carbonyl (C=O) groups is 1. The molecule has 2 aliphatic carbocycles. The average molecular weight is 415 g/mol. The van der Waals surface area contributed by atoms with Gasteiger partial charge in [0.15, 0.2) is 0 Å². The number of amides is 1. The molecule has 2 aliphatic rings. The number of allylic oxidation sites excluding steroid dienone is 3. The maximum Gasteiger partial charge on any atom is 0.251 e. The first-order valence-electron chi connectivity index (χ1n) is 8.19. The van der Waals surface area contributed by atoms with E-state index in [0.29, 0.717) is 22.0 Å². The minimum atomic E-state index is -3.68. The van der Waals surface area contributed by atoms with Gasteiger partial charge in [0.1, 0.15) is 0 Å². The summed E-state index contributed by atoms with van der Waals surface area (Å²) in [6.07, 6.45) is 5.65. The third-order valence-corrected chi connectivity index (χ3v) is 6.97. The Kier molecular flexibility index (Phi) is 4.99. The topological polar surface area (TPSA) is 89.3 Å². The summed E-state index contributed by atoms with van der Waals surface area (Å²) < 4.78 is 22.8. The number of rotatable bonds is 4. The summed E-state index contributed by atoms with van der Waals surface area (Å²) in [5.74, 6) is 0.156. The molecule has 1 fully saturated rings. The molecular formula is C18H20Cl2N2O3S. The minimum absolute atomic E-state index is 0.0106. The fraction of sp³-hybridized carbons (Fsp3) is 0.389. The van der Waals surface area contributed by atoms with Crippen LogP contribution in [0.1, 0.15) is 30.6 Å². The molecule has 1 amide bonds. The summed E-state index contributed by atoms with van der Waals surface area (Å²) in [4.78, 5) is 12.7. The molecule has 1 aromatic carbocycles. The van der Waals surface area contributed by atoms with Crippen LogP contribution in [0, 0.1) is 17.3 Å². The van der Waals surface area contributed by atoms with Crippen LogP contribution in [0.4, 0.5) is 0 Å². The van der Waals surface area contributed by atoms with Crippen LogP contribution in [0.15, 0.2) is 41.3 Å². The Morgan fingerprint density at radius 3 is 2.50 bits per heavy atom. The molecule has 140 valence electrons. The Morgan fingerprint density at radius 2 is 1.96 bits per heavy atom. The van der Waals surface area contributed by atoms with Crippen molar-refractivity contribution in [2.24, 2.45) is 22.4 Å². The van der Waals surface area contributed by atoms with E-state index < -0.39 is 10.0 Å². The molecule has 1 saturated carbocycles. The molecule has 0 bridgehead atoms. The van der Waals surface area contributed by atoms with Crippen LogP contribution < -0.4 is 10.5 Å². The summed E-state index contributed by atoms with van der Waals surface area (Å²) in [6.45, 7) is 4.17. The van der Waals surface area contributed by atoms with Crippen molar-refractivity contribution in [3.63, 3.8) is 0 Å². The molecule has 0 spiro atoms. The summed E-state index contributed by atoms with van der Waals surface area (Å²) in [6, 6.07) is 4.77. The second-order valence-corrected chi connectivity index (χ2v) is 9.71. The summed E-state index contributed by atoms with van der Waals surface area (Å²) in [5, 5.41) is 8.95. The maximum absolute atomic E-state index is 12.5. The highest BCUT2D eigenvalue weighted by Crippen LogP contribution is 2.57. The van der Waals surface area contributed by atoms with Gasteiger partial charge >= 0.3 is 0 Å². The Hall–Kier alpha value is -1.34. The van der Waals surface area contributed by atoms with E-state index in [1.165, 1.54) is 0 Å². The van der Waals surface area contributed by atoms with Gasteiger partial charge in [-0.05, 0) is 47.9 Å². The SMILES string of the molecule is CC1(C)[C@@H](NC(=O)c2ccc(Cl)c(Cl)c2)[C@@H]1C1C=CC(S(N)(=O)=O)=CC1. The first kappa shape index (κ1) is 19.4. The molecule has 0 aliphatic heterocycles. The van der Waals surface area contributed by atoms with Gasteiger partial charge in [0.2, 0.25) is 10.0 Å². The molecule has 26 heavy (non-hydrogen) atoms. The number of hydrogen-bond acceptors (Lipinski definition) is 3. The Balaban J connectivity index is 1.69. The number of sulfonamides is 1. The van der Waals surface area contributed by atoms with Gasteiger partial charge in [-0.2, -0.15) is 0 Å². The molecule has 0 saturated heterocycles. The number of carbonyl (C=O) groups excluding carboxylic acids is 1. The fourth-order valence-corrected chi connectivity index (χ4v) is 4.60. The first-order chi connectivity index (χ1) is 12.0. The lowest BCUT2D eigenvalue weighted by Crippen LogP contribution is -2.29. The van der Waals surface area contributed by atoms with Gasteiger partial charge in [0.25, 0.3) is 5.91 Å². The second-order valence-electron chi connectivity index (χ2n) is 7.34. The van der Waals surface area contributed by atoms with E-state index in [1.54, 1.807) is 30.4 Å². The zero-order valence-corrected chi connectivity index (χ0v) is 16.7. The van der Waals surface area contributed by atoms with Crippen molar-refractivity contribution < 1.29 is 13.2 Å². The van der Waals surface area contributed by atoms with Gasteiger partial charge < -0.3 is 5.32 Å². The van der Waals surface area contributed by atoms with E-state index in [4.69, 9.17) is 28.3 Å². The summed E-state index contributed by atoms with van der Waals surface area (Å²) >= 11 is 11.9. The lowest BCUT2D eigenvalue weighted by Gasteiger charge is -2.16. The lowest BCUT2D eigenvalue weighted by atomic mass is 9.91. The summed E-state index contributed by atoms with van der Waals surface area (Å²) in [5.41, 5.74) is 0.366. The molecule has 8 heteroatoms. The third-order valence-electron chi connectivity index (χ3n) is 5.27. The molecule has 0 aromatic heterocycles. The smallest absolute Gasteiger partial charge is 0.251 e. The van der Waals surface area contributed by atoms with E-state index in [9.17, 15) is 13.2 Å². The zero-order chi connectivity index (χ0) is 19.3. The van der Waals surface area contributed by atoms with Crippen LogP contribution in [0.2, 0.25) is 10.0 Å². The van der Waals surface area contributed by atoms with E-state index in [0.717, 1.165) is 0 Å². The molecule has 1 aromatic rings. The largest absolute Gasteiger partial charge is 0.348 e. The number of nitrogens with two attached hydrogens (primary N) is 1. The monoisotopic (exact) mass is 414 g/mol. The van der Waals surface area contributed by atoms with Gasteiger partial charge in [-0.25, -0.2) is 13.6 Å². The van der Waals surface area contributed by atoms with Crippen LogP contribution in [-0.4, -0.2) is 20.4 Å². The van der Waals surface area contributed by atoms with E-state index in [2.05, 4.69) is 19.2 Å². The molecule has 3 atom stereocenters. The zero-order valence-electron chi connectivity index (χ0n) is 14.4. The fourth-order valence-electron chi connectivity index (χ4n) is 3.71. The third kappa shape index (κ3) is 3.69. The van der Waals surface area contributed by atoms with E-state index in [1.807, 2.05) is 6.08 Å². The number of benzene rings is 1. The lowest BCUT2D eigenvalue weighted by molar-refractivity contribution is 0.0944. The molecule has 5 nitrogen and oxygen atoms in total. The number of nitrogens with one attached hydrogen (secondary N) is 1. The second kappa shape index (κ2) is 6.68. The Bertz CT molecular complexity index is 922. The van der Waals surface area contributed by atoms with Crippen LogP contribution >= 0.6 is 23.2 Å². The van der Waals surface area contributed by atoms with Crippen molar-refractivity contribution in [3.8, 4) is 0 Å². The first-order valence-corrected chi connectivity index (χ1v) is 10.5. The van der Waals surface area contributed by atoms with Crippen LogP contribution in [0.25, 0.3) is 0 Å². The van der Waals surface area contributed by atoms with Crippen LogP contribution in [0.3, 0.4) is 0 Å². The highest BCUT2D eigenvalue weighted by Gasteiger charge is 2.60. The van der Waals surface area contributed by atoms with Crippen molar-refractivity contribution in [2.75, 3.05) is 0 Å². The average Bonchev–Trinajstić information content (AvgIpc) is 3.09. The Morgan fingerprint density at radius 1 is 1.27 bits per heavy atom.